The number of ether oxygens (including phenoxy) is 2. The monoisotopic (exact) mass is 333 g/mol. The van der Waals surface area contributed by atoms with Crippen LogP contribution in [0.1, 0.15) is 10.4 Å². The maximum atomic E-state index is 12.2. The molecule has 3 heterocycles. The number of hydrogen-bond donors (Lipinski definition) is 1. The summed E-state index contributed by atoms with van der Waals surface area (Å²) >= 11 is 0. The molecule has 0 saturated heterocycles. The fourth-order valence-corrected chi connectivity index (χ4v) is 2.55. The topological polar surface area (TPSA) is 73.3 Å². The normalized spacial score (nSPS) is 12.5. The van der Waals surface area contributed by atoms with Crippen molar-refractivity contribution in [2.24, 2.45) is 0 Å². The zero-order chi connectivity index (χ0) is 17.1. The van der Waals surface area contributed by atoms with Gasteiger partial charge in [-0.15, -0.1) is 0 Å². The average molecular weight is 333 g/mol. The lowest BCUT2D eigenvalue weighted by Crippen LogP contribution is -2.15. The molecule has 124 valence electrons. The summed E-state index contributed by atoms with van der Waals surface area (Å²) in [6.45, 7) is 1.09. The molecule has 4 rings (SSSR count). The van der Waals surface area contributed by atoms with E-state index in [1.165, 1.54) is 6.20 Å². The van der Waals surface area contributed by atoms with Crippen molar-refractivity contribution in [1.82, 2.24) is 9.97 Å². The second kappa shape index (κ2) is 6.60. The second-order valence-corrected chi connectivity index (χ2v) is 5.46. The first-order chi connectivity index (χ1) is 12.3. The van der Waals surface area contributed by atoms with Gasteiger partial charge in [-0.25, -0.2) is 4.98 Å². The quantitative estimate of drug-likeness (QED) is 0.797. The van der Waals surface area contributed by atoms with Crippen molar-refractivity contribution in [2.45, 2.75) is 0 Å². The lowest BCUT2D eigenvalue weighted by Gasteiger charge is -2.18. The lowest BCUT2D eigenvalue weighted by atomic mass is 10.1. The largest absolute Gasteiger partial charge is 0.486 e. The molecule has 0 atom stereocenters. The molecule has 25 heavy (non-hydrogen) atoms. The minimum Gasteiger partial charge on any atom is -0.486 e. The highest BCUT2D eigenvalue weighted by atomic mass is 16.6. The van der Waals surface area contributed by atoms with Crippen LogP contribution in [0.5, 0.6) is 11.5 Å². The van der Waals surface area contributed by atoms with E-state index in [0.29, 0.717) is 30.3 Å². The Morgan fingerprint density at radius 3 is 2.72 bits per heavy atom. The summed E-state index contributed by atoms with van der Waals surface area (Å²) in [6, 6.07) is 14.6. The van der Waals surface area contributed by atoms with Gasteiger partial charge < -0.3 is 14.8 Å². The van der Waals surface area contributed by atoms with Gasteiger partial charge in [0, 0.05) is 18.0 Å². The summed E-state index contributed by atoms with van der Waals surface area (Å²) in [5.41, 5.74) is 2.11. The Balaban J connectivity index is 1.58. The summed E-state index contributed by atoms with van der Waals surface area (Å²) < 4.78 is 11.1. The van der Waals surface area contributed by atoms with E-state index in [1.54, 1.807) is 24.4 Å². The number of carbonyl (C=O) groups excluding carboxylic acids is 1. The molecule has 1 aliphatic rings. The zero-order valence-corrected chi connectivity index (χ0v) is 13.3. The first kappa shape index (κ1) is 15.1. The minimum absolute atomic E-state index is 0.250. The Morgan fingerprint density at radius 1 is 1.00 bits per heavy atom. The number of rotatable bonds is 3. The Bertz CT molecular complexity index is 913. The first-order valence-electron chi connectivity index (χ1n) is 7.88. The molecule has 2 aromatic heterocycles. The molecule has 0 aliphatic carbocycles. The molecule has 0 fully saturated rings. The van der Waals surface area contributed by atoms with Gasteiger partial charge in [0.25, 0.3) is 5.91 Å². The first-order valence-corrected chi connectivity index (χ1v) is 7.88. The third-order valence-electron chi connectivity index (χ3n) is 3.75. The van der Waals surface area contributed by atoms with Crippen molar-refractivity contribution >= 4 is 11.7 Å². The van der Waals surface area contributed by atoms with E-state index in [2.05, 4.69) is 15.3 Å². The summed E-state index contributed by atoms with van der Waals surface area (Å²) in [5.74, 6) is 1.66. The van der Waals surface area contributed by atoms with Crippen LogP contribution < -0.4 is 14.8 Å². The van der Waals surface area contributed by atoms with Crippen LogP contribution in [0.3, 0.4) is 0 Å². The van der Waals surface area contributed by atoms with Crippen LogP contribution in [0.2, 0.25) is 0 Å². The fraction of sp³-hybridized carbons (Fsp3) is 0.105. The third kappa shape index (κ3) is 3.28. The van der Waals surface area contributed by atoms with Crippen LogP contribution in [-0.2, 0) is 0 Å². The highest BCUT2D eigenvalue weighted by Gasteiger charge is 2.13. The summed E-state index contributed by atoms with van der Waals surface area (Å²) in [7, 11) is 0. The number of amides is 1. The van der Waals surface area contributed by atoms with Crippen molar-refractivity contribution in [3.05, 3.63) is 66.5 Å². The van der Waals surface area contributed by atoms with E-state index in [-0.39, 0.29) is 5.91 Å². The van der Waals surface area contributed by atoms with Crippen molar-refractivity contribution < 1.29 is 14.3 Å². The Kier molecular flexibility index (Phi) is 4.00. The molecule has 3 aromatic rings. The van der Waals surface area contributed by atoms with Gasteiger partial charge in [-0.05, 0) is 42.5 Å². The standard InChI is InChI=1S/C19H15N3O3/c23-19(14-3-2-8-20-12-14)22-18-5-1-4-15(21-18)13-6-7-16-17(11-13)25-10-9-24-16/h1-8,11-12H,9-10H2,(H,21,22,23). The van der Waals surface area contributed by atoms with Gasteiger partial charge in [0.15, 0.2) is 11.5 Å². The van der Waals surface area contributed by atoms with Gasteiger partial charge in [0.05, 0.1) is 11.3 Å². The molecule has 1 N–H and O–H groups in total. The fourth-order valence-electron chi connectivity index (χ4n) is 2.55. The zero-order valence-electron chi connectivity index (χ0n) is 13.3. The molecular weight excluding hydrogens is 318 g/mol. The highest BCUT2D eigenvalue weighted by molar-refractivity contribution is 6.03. The SMILES string of the molecule is O=C(Nc1cccc(-c2ccc3c(c2)OCCO3)n1)c1cccnc1. The number of pyridine rings is 2. The van der Waals surface area contributed by atoms with Crippen LogP contribution in [0.15, 0.2) is 60.9 Å². The molecule has 6 heteroatoms. The van der Waals surface area contributed by atoms with E-state index < -0.39 is 0 Å². The van der Waals surface area contributed by atoms with E-state index in [1.807, 2.05) is 30.3 Å². The number of aromatic nitrogens is 2. The smallest absolute Gasteiger partial charge is 0.258 e. The molecule has 0 saturated carbocycles. The van der Waals surface area contributed by atoms with Gasteiger partial charge in [0.1, 0.15) is 19.0 Å². The number of nitrogens with one attached hydrogen (secondary N) is 1. The minimum atomic E-state index is -0.250. The van der Waals surface area contributed by atoms with Crippen LogP contribution in [0.25, 0.3) is 11.3 Å². The molecule has 0 spiro atoms. The van der Waals surface area contributed by atoms with E-state index in [0.717, 1.165) is 17.0 Å². The van der Waals surface area contributed by atoms with Crippen LogP contribution in [0.4, 0.5) is 5.82 Å². The molecule has 1 amide bonds. The predicted octanol–water partition coefficient (Wildman–Crippen LogP) is 3.17. The van der Waals surface area contributed by atoms with Gasteiger partial charge in [-0.1, -0.05) is 6.07 Å². The molecule has 1 aromatic carbocycles. The van der Waals surface area contributed by atoms with Crippen molar-refractivity contribution in [2.75, 3.05) is 18.5 Å². The van der Waals surface area contributed by atoms with E-state index >= 15 is 0 Å². The van der Waals surface area contributed by atoms with Crippen LogP contribution >= 0.6 is 0 Å². The molecule has 0 unspecified atom stereocenters. The van der Waals surface area contributed by atoms with Gasteiger partial charge in [-0.2, -0.15) is 0 Å². The molecular formula is C19H15N3O3. The second-order valence-electron chi connectivity index (χ2n) is 5.46. The Morgan fingerprint density at radius 2 is 1.88 bits per heavy atom. The predicted molar refractivity (Wildman–Crippen MR) is 92.9 cm³/mol. The summed E-state index contributed by atoms with van der Waals surface area (Å²) in [4.78, 5) is 20.7. The van der Waals surface area contributed by atoms with Crippen molar-refractivity contribution in [3.8, 4) is 22.8 Å². The average Bonchev–Trinajstić information content (AvgIpc) is 2.68. The molecule has 0 radical (unpaired) electrons. The molecule has 6 nitrogen and oxygen atoms in total. The lowest BCUT2D eigenvalue weighted by molar-refractivity contribution is 0.102. The molecule has 1 aliphatic heterocycles. The number of nitrogens with zero attached hydrogens (tertiary/aromatic N) is 2. The number of fused-ring (bicyclic) bond motifs is 1. The van der Waals surface area contributed by atoms with Crippen molar-refractivity contribution in [3.63, 3.8) is 0 Å². The van der Waals surface area contributed by atoms with Crippen LogP contribution in [-0.4, -0.2) is 29.1 Å². The van der Waals surface area contributed by atoms with Gasteiger partial charge in [-0.3, -0.25) is 9.78 Å². The van der Waals surface area contributed by atoms with Gasteiger partial charge in [0.2, 0.25) is 0 Å². The number of anilines is 1. The maximum Gasteiger partial charge on any atom is 0.258 e. The van der Waals surface area contributed by atoms with Gasteiger partial charge >= 0.3 is 0 Å². The van der Waals surface area contributed by atoms with E-state index in [9.17, 15) is 4.79 Å². The van der Waals surface area contributed by atoms with E-state index in [4.69, 9.17) is 9.47 Å². The third-order valence-corrected chi connectivity index (χ3v) is 3.75. The summed E-state index contributed by atoms with van der Waals surface area (Å²) in [6.07, 6.45) is 3.14. The number of hydrogen-bond acceptors (Lipinski definition) is 5. The van der Waals surface area contributed by atoms with Crippen molar-refractivity contribution in [1.29, 1.82) is 0 Å². The number of carbonyl (C=O) groups is 1. The highest BCUT2D eigenvalue weighted by Crippen LogP contribution is 2.34. The Labute approximate surface area is 144 Å². The number of benzene rings is 1. The Hall–Kier alpha value is -3.41. The molecule has 0 bridgehead atoms. The maximum absolute atomic E-state index is 12.2. The summed E-state index contributed by atoms with van der Waals surface area (Å²) in [5, 5.41) is 2.78. The van der Waals surface area contributed by atoms with Crippen LogP contribution in [0, 0.1) is 0 Å².